The zero-order valence-corrected chi connectivity index (χ0v) is 39.1. The van der Waals surface area contributed by atoms with Gasteiger partial charge in [0.05, 0.1) is 38.7 Å². The number of nitrogen functional groups attached to an aromatic ring is 1. The summed E-state index contributed by atoms with van der Waals surface area (Å²) in [6, 6.07) is 25.5. The molecule has 0 fully saturated rings. The van der Waals surface area contributed by atoms with Crippen molar-refractivity contribution in [1.29, 1.82) is 0 Å². The minimum absolute atomic E-state index is 0.157. The van der Waals surface area contributed by atoms with Crippen molar-refractivity contribution < 1.29 is 19.7 Å². The third kappa shape index (κ3) is 10.0. The Morgan fingerprint density at radius 3 is 1.63 bits per heavy atom. The predicted molar refractivity (Wildman–Crippen MR) is 263 cm³/mol. The summed E-state index contributed by atoms with van der Waals surface area (Å²) < 4.78 is 16.7. The summed E-state index contributed by atoms with van der Waals surface area (Å²) in [6.07, 6.45) is 15.3. The van der Waals surface area contributed by atoms with E-state index in [-0.39, 0.29) is 11.1 Å². The summed E-state index contributed by atoms with van der Waals surface area (Å²) >= 11 is 1.42. The van der Waals surface area contributed by atoms with Crippen molar-refractivity contribution in [1.82, 2.24) is 48.6 Å². The number of pyridine rings is 2. The zero-order valence-electron chi connectivity index (χ0n) is 38.3. The Hall–Kier alpha value is -7.61. The maximum absolute atomic E-state index is 13.2. The number of thioether (sulfide) groups is 1. The summed E-state index contributed by atoms with van der Waals surface area (Å²) in [6.45, 7) is 4.27. The highest BCUT2D eigenvalue weighted by Crippen LogP contribution is 2.29. The van der Waals surface area contributed by atoms with Crippen LogP contribution in [0.2, 0.25) is 0 Å². The van der Waals surface area contributed by atoms with E-state index in [1.807, 2.05) is 91.2 Å². The Morgan fingerprint density at radius 1 is 0.647 bits per heavy atom. The van der Waals surface area contributed by atoms with Gasteiger partial charge in [-0.25, -0.2) is 43.6 Å². The van der Waals surface area contributed by atoms with Crippen molar-refractivity contribution in [2.24, 2.45) is 0 Å². The molecule has 68 heavy (non-hydrogen) atoms. The Labute approximate surface area is 395 Å². The van der Waals surface area contributed by atoms with Gasteiger partial charge in [-0.05, 0) is 119 Å². The minimum Gasteiger partial charge on any atom is -0.497 e. The average Bonchev–Trinajstić information content (AvgIpc) is 3.78. The van der Waals surface area contributed by atoms with Gasteiger partial charge in [-0.1, -0.05) is 48.2 Å². The lowest BCUT2D eigenvalue weighted by Crippen LogP contribution is -2.24. The number of aliphatic hydroxyl groups is 2. The number of nitrogens with two attached hydrogens (primary N) is 1. The second kappa shape index (κ2) is 20.1. The second-order valence-electron chi connectivity index (χ2n) is 16.4. The molecule has 2 aliphatic heterocycles. The van der Waals surface area contributed by atoms with Crippen LogP contribution in [0, 0.1) is 0 Å². The number of nitrogens with one attached hydrogen (secondary N) is 1. The van der Waals surface area contributed by atoms with E-state index in [0.29, 0.717) is 95.0 Å². The van der Waals surface area contributed by atoms with Gasteiger partial charge in [0.25, 0.3) is 11.1 Å². The molecule has 350 valence electrons. The van der Waals surface area contributed by atoms with E-state index in [4.69, 9.17) is 20.2 Å². The van der Waals surface area contributed by atoms with Crippen LogP contribution in [0.5, 0.6) is 11.5 Å². The minimum atomic E-state index is -1.09. The van der Waals surface area contributed by atoms with Gasteiger partial charge in [0.2, 0.25) is 5.95 Å². The number of allylic oxidation sites excluding steroid dienone is 4. The summed E-state index contributed by atoms with van der Waals surface area (Å²) in [5.41, 5.74) is 6.55. The topological polar surface area (TPSA) is 228 Å². The Balaban J connectivity index is 0.000000158. The number of aromatic nitrogens is 10. The SMILES string of the molecule is COc1ccc(N)cc1.COc1ccc(Nc2ncc3c(=O)n4n(c3n2)-c2cccc(n2)[C@](C)(O)CC/C=C\C4)cc1.CSc1ncc2c(=O)n3n(c2n1)-c1cccc(n1)[C@](C)(O)CC/C=C\C3. The molecule has 0 unspecified atom stereocenters. The fourth-order valence-electron chi connectivity index (χ4n) is 7.65. The van der Waals surface area contributed by atoms with Crippen molar-refractivity contribution in [3.63, 3.8) is 0 Å². The summed E-state index contributed by atoms with van der Waals surface area (Å²) in [5.74, 6) is 2.99. The first-order valence-electron chi connectivity index (χ1n) is 21.8. The molecule has 0 saturated carbocycles. The molecule has 8 heterocycles. The molecule has 0 spiro atoms. The molecule has 6 aromatic heterocycles. The molecule has 18 nitrogen and oxygen atoms in total. The van der Waals surface area contributed by atoms with Crippen LogP contribution in [0.3, 0.4) is 0 Å². The average molecular weight is 937 g/mol. The highest BCUT2D eigenvalue weighted by molar-refractivity contribution is 7.98. The van der Waals surface area contributed by atoms with Crippen molar-refractivity contribution in [3.05, 3.63) is 154 Å². The van der Waals surface area contributed by atoms with Crippen molar-refractivity contribution in [3.8, 4) is 23.1 Å². The zero-order chi connectivity index (χ0) is 48.0. The van der Waals surface area contributed by atoms with E-state index in [1.54, 1.807) is 77.3 Å². The third-order valence-corrected chi connectivity index (χ3v) is 12.0. The van der Waals surface area contributed by atoms with Gasteiger partial charge in [-0.3, -0.25) is 9.59 Å². The number of hydrogen-bond acceptors (Lipinski definition) is 15. The van der Waals surface area contributed by atoms with Gasteiger partial charge < -0.3 is 30.7 Å². The van der Waals surface area contributed by atoms with E-state index >= 15 is 0 Å². The lowest BCUT2D eigenvalue weighted by molar-refractivity contribution is 0.0439. The summed E-state index contributed by atoms with van der Waals surface area (Å²) in [4.78, 5) is 53.2. The van der Waals surface area contributed by atoms with E-state index in [9.17, 15) is 19.8 Å². The molecular formula is C49H52N12O6S. The summed E-state index contributed by atoms with van der Waals surface area (Å²) in [7, 11) is 3.24. The van der Waals surface area contributed by atoms with Gasteiger partial charge in [-0.2, -0.15) is 4.98 Å². The lowest BCUT2D eigenvalue weighted by Gasteiger charge is -2.22. The number of ether oxygens (including phenoxy) is 2. The van der Waals surface area contributed by atoms with Crippen LogP contribution in [0.15, 0.2) is 136 Å². The van der Waals surface area contributed by atoms with Crippen molar-refractivity contribution in [2.45, 2.75) is 69.0 Å². The molecule has 19 heteroatoms. The fraction of sp³-hybridized carbons (Fsp3) is 0.265. The van der Waals surface area contributed by atoms with Gasteiger partial charge >= 0.3 is 0 Å². The first-order chi connectivity index (χ1) is 32.8. The Bertz CT molecular complexity index is 3250. The van der Waals surface area contributed by atoms with E-state index < -0.39 is 11.2 Å². The highest BCUT2D eigenvalue weighted by Gasteiger charge is 2.28. The normalized spacial score (nSPS) is 18.5. The number of nitrogens with zero attached hydrogens (tertiary/aromatic N) is 10. The standard InChI is InChI=1S/C24H24N6O3.C18H19N5O2S.C7H9NO/c1-24(32)13-4-3-5-14-29-22(31)18-15-25-23(26-16-9-11-17(33-2)12-10-16)28-21(18)30(29)20-8-6-7-19(24)27-20;1-18(25)9-4-3-5-10-22-16(24)12-11-19-17(26-2)21-15(12)23(22)14-8-6-7-13(18)20-14;1-9-7-4-2-6(8)3-5-7/h3,5-12,15,32H,4,13-14H2,1-2H3,(H,25,26,28);3,5-8,11,25H,4,9-10H2,1-2H3;2-5H,8H2,1H3/b2*5-3-;/t24-;18-;/m11./s1. The van der Waals surface area contributed by atoms with Crippen molar-refractivity contribution >= 4 is 51.2 Å². The fourth-order valence-corrected chi connectivity index (χ4v) is 7.99. The van der Waals surface area contributed by atoms with E-state index in [2.05, 4.69) is 30.2 Å². The van der Waals surface area contributed by atoms with Crippen molar-refractivity contribution in [2.75, 3.05) is 31.5 Å². The summed E-state index contributed by atoms with van der Waals surface area (Å²) in [5, 5.41) is 26.3. The van der Waals surface area contributed by atoms with Crippen LogP contribution in [0.25, 0.3) is 33.7 Å². The van der Waals surface area contributed by atoms with Gasteiger partial charge in [0.15, 0.2) is 28.1 Å². The van der Waals surface area contributed by atoms with E-state index in [1.165, 1.54) is 18.0 Å². The Morgan fingerprint density at radius 2 is 1.13 bits per heavy atom. The van der Waals surface area contributed by atoms with Crippen LogP contribution in [0.1, 0.15) is 50.9 Å². The number of hydrogen-bond donors (Lipinski definition) is 4. The van der Waals surface area contributed by atoms with Gasteiger partial charge in [-0.15, -0.1) is 0 Å². The highest BCUT2D eigenvalue weighted by atomic mass is 32.2. The molecule has 0 amide bonds. The van der Waals surface area contributed by atoms with E-state index in [0.717, 1.165) is 22.9 Å². The molecule has 4 bridgehead atoms. The quantitative estimate of drug-likeness (QED) is 0.0601. The predicted octanol–water partition coefficient (Wildman–Crippen LogP) is 6.82. The molecule has 2 atom stereocenters. The molecule has 8 aromatic rings. The first-order valence-corrected chi connectivity index (χ1v) is 23.0. The number of benzene rings is 2. The largest absolute Gasteiger partial charge is 0.497 e. The van der Waals surface area contributed by atoms with Gasteiger partial charge in [0.1, 0.15) is 33.5 Å². The molecular weight excluding hydrogens is 885 g/mol. The maximum Gasteiger partial charge on any atom is 0.278 e. The monoisotopic (exact) mass is 936 g/mol. The number of anilines is 3. The maximum atomic E-state index is 13.2. The molecule has 5 N–H and O–H groups in total. The van der Waals surface area contributed by atoms with Crippen LogP contribution >= 0.6 is 11.8 Å². The van der Waals surface area contributed by atoms with Crippen LogP contribution < -0.4 is 31.6 Å². The molecule has 0 radical (unpaired) electrons. The molecule has 0 saturated heterocycles. The smallest absolute Gasteiger partial charge is 0.278 e. The number of fused-ring (bicyclic) bond motifs is 12. The number of rotatable bonds is 5. The van der Waals surface area contributed by atoms with Crippen LogP contribution in [0.4, 0.5) is 17.3 Å². The first kappa shape index (κ1) is 46.9. The number of methoxy groups -OCH3 is 2. The molecule has 0 aliphatic carbocycles. The van der Waals surface area contributed by atoms with Crippen LogP contribution in [-0.2, 0) is 24.3 Å². The second-order valence-corrected chi connectivity index (χ2v) is 17.2. The third-order valence-electron chi connectivity index (χ3n) is 11.5. The van der Waals surface area contributed by atoms with Gasteiger partial charge in [0, 0.05) is 23.8 Å². The lowest BCUT2D eigenvalue weighted by atomic mass is 9.95. The van der Waals surface area contributed by atoms with Crippen LogP contribution in [-0.4, -0.2) is 79.3 Å². The molecule has 10 rings (SSSR count). The Kier molecular flexibility index (Phi) is 13.9. The molecule has 2 aromatic carbocycles. The molecule has 2 aliphatic rings.